The highest BCUT2D eigenvalue weighted by Gasteiger charge is 2.47. The third kappa shape index (κ3) is 46.9. The lowest BCUT2D eigenvalue weighted by Gasteiger charge is -2.41. The Morgan fingerprint density at radius 1 is 0.482 bits per heavy atom. The minimum atomic E-state index is -1.61. The van der Waals surface area contributed by atoms with Gasteiger partial charge in [-0.15, -0.1) is 0 Å². The number of allylic oxidation sites excluding steroid dienone is 11. The number of aliphatic hydroxyl groups is 5. The number of hydrogen-bond acceptors (Lipinski definition) is 10. The smallest absolute Gasteiger partial charge is 0.306 e. The predicted octanol–water partition coefficient (Wildman–Crippen LogP) is 17.5. The third-order valence-corrected chi connectivity index (χ3v) is 16.1. The van der Waals surface area contributed by atoms with Gasteiger partial charge in [0, 0.05) is 6.42 Å². The van der Waals surface area contributed by atoms with Gasteiger partial charge >= 0.3 is 5.97 Å². The van der Waals surface area contributed by atoms with Crippen molar-refractivity contribution in [1.29, 1.82) is 0 Å². The van der Waals surface area contributed by atoms with Crippen LogP contribution in [0.3, 0.4) is 0 Å². The summed E-state index contributed by atoms with van der Waals surface area (Å²) in [6, 6.07) is -1.03. The lowest BCUT2D eigenvalue weighted by molar-refractivity contribution is -0.305. The quantitative estimate of drug-likeness (QED) is 0.0195. The van der Waals surface area contributed by atoms with E-state index in [0.29, 0.717) is 12.8 Å². The van der Waals surface area contributed by atoms with Gasteiger partial charge in [-0.25, -0.2) is 0 Å². The van der Waals surface area contributed by atoms with E-state index >= 15 is 0 Å². The second kappa shape index (κ2) is 59.4. The molecule has 1 rings (SSSR count). The molecule has 482 valence electrons. The van der Waals surface area contributed by atoms with Gasteiger partial charge in [-0.3, -0.25) is 9.59 Å². The van der Waals surface area contributed by atoms with Crippen LogP contribution in [0.5, 0.6) is 0 Å². The van der Waals surface area contributed by atoms with Crippen molar-refractivity contribution in [3.63, 3.8) is 0 Å². The number of esters is 1. The summed E-state index contributed by atoms with van der Waals surface area (Å²) in [6.45, 7) is 5.71. The van der Waals surface area contributed by atoms with Crippen molar-refractivity contribution in [2.45, 2.75) is 359 Å². The molecule has 1 heterocycles. The number of carbonyl (C=O) groups is 2. The molecule has 11 nitrogen and oxygen atoms in total. The summed E-state index contributed by atoms with van der Waals surface area (Å²) in [4.78, 5) is 26.7. The zero-order valence-electron chi connectivity index (χ0n) is 53.6. The standard InChI is InChI=1S/C72H129NO10/c1-4-7-10-13-16-19-22-25-27-29-30-31-32-33-34-35-37-38-41-44-47-50-53-56-59-65(76)71(80)73-63(64(75)58-55-52-49-46-43-40-24-21-18-15-12-9-6-3)62-81-72-70(69(79)68(78)66(61-74)82-72)83-67(77)60-57-54-51-48-45-42-39-36-28-26-23-20-17-14-11-8-5-2/h7,10,16,19,25,27,30-31,33-34,55,58,63-66,68-70,72,74-76,78-79H,4-6,8-9,11-15,17-18,20-24,26,28-29,32,35-54,56-57,59-62H2,1-3H3,(H,73,80)/b10-7-,19-16-,27-25-,31-30-,34-33-,58-55+. The van der Waals surface area contributed by atoms with Crippen LogP contribution in [-0.4, -0.2) is 99.6 Å². The lowest BCUT2D eigenvalue weighted by atomic mass is 9.99. The van der Waals surface area contributed by atoms with E-state index in [1.54, 1.807) is 6.08 Å². The van der Waals surface area contributed by atoms with Crippen molar-refractivity contribution in [1.82, 2.24) is 5.32 Å². The number of nitrogens with one attached hydrogen (secondary N) is 1. The van der Waals surface area contributed by atoms with Gasteiger partial charge in [0.1, 0.15) is 24.4 Å². The zero-order chi connectivity index (χ0) is 60.3. The van der Waals surface area contributed by atoms with E-state index in [0.717, 1.165) is 96.3 Å². The SMILES string of the molecule is CC/C=C\C/C=C\C/C=C\C/C=C\C/C=C\CCCCCCCCCCC(O)C(=O)NC(COC1OC(CO)C(O)C(O)C1OC(=O)CCCCCCCCCCCCCCCCCCC)C(O)/C=C/CCCCCCCCCCCCC. The fourth-order valence-electron chi connectivity index (χ4n) is 10.7. The van der Waals surface area contributed by atoms with E-state index in [2.05, 4.69) is 86.8 Å². The molecule has 0 saturated carbocycles. The first kappa shape index (κ1) is 78.1. The molecule has 8 atom stereocenters. The highest BCUT2D eigenvalue weighted by Crippen LogP contribution is 2.26. The van der Waals surface area contributed by atoms with Crippen LogP contribution < -0.4 is 5.32 Å². The van der Waals surface area contributed by atoms with Crippen LogP contribution in [0.15, 0.2) is 72.9 Å². The van der Waals surface area contributed by atoms with Gasteiger partial charge in [0.05, 0.1) is 25.4 Å². The van der Waals surface area contributed by atoms with Crippen molar-refractivity contribution in [3.8, 4) is 0 Å². The summed E-state index contributed by atoms with van der Waals surface area (Å²) < 4.78 is 17.7. The molecule has 0 aromatic rings. The molecule has 0 aromatic heterocycles. The Kier molecular flexibility index (Phi) is 55.9. The molecule has 8 unspecified atom stereocenters. The molecular weight excluding hydrogens is 1040 g/mol. The molecule has 6 N–H and O–H groups in total. The first-order valence-corrected chi connectivity index (χ1v) is 34.7. The van der Waals surface area contributed by atoms with E-state index in [1.807, 2.05) is 6.08 Å². The molecule has 1 aliphatic heterocycles. The second-order valence-electron chi connectivity index (χ2n) is 23.9. The highest BCUT2D eigenvalue weighted by atomic mass is 16.7. The number of amides is 1. The Balaban J connectivity index is 2.62. The molecule has 0 aromatic carbocycles. The molecule has 1 saturated heterocycles. The zero-order valence-corrected chi connectivity index (χ0v) is 53.6. The van der Waals surface area contributed by atoms with Crippen LogP contribution in [0.25, 0.3) is 0 Å². The Bertz CT molecular complexity index is 1630. The van der Waals surface area contributed by atoms with Gasteiger partial charge in [-0.1, -0.05) is 306 Å². The first-order chi connectivity index (χ1) is 40.7. The van der Waals surface area contributed by atoms with Crippen LogP contribution in [0.4, 0.5) is 0 Å². The molecule has 11 heteroatoms. The maximum atomic E-state index is 13.5. The molecule has 0 radical (unpaired) electrons. The fraction of sp³-hybridized carbons (Fsp3) is 0.806. The topological polar surface area (TPSA) is 175 Å². The van der Waals surface area contributed by atoms with Crippen LogP contribution in [0.1, 0.15) is 310 Å². The number of ether oxygens (including phenoxy) is 3. The van der Waals surface area contributed by atoms with Crippen molar-refractivity contribution in [2.24, 2.45) is 0 Å². The lowest BCUT2D eigenvalue weighted by Crippen LogP contribution is -2.61. The van der Waals surface area contributed by atoms with Gasteiger partial charge in [0.15, 0.2) is 12.4 Å². The average molecular weight is 1170 g/mol. The molecule has 1 fully saturated rings. The molecule has 0 bridgehead atoms. The number of unbranched alkanes of at least 4 members (excludes halogenated alkanes) is 35. The molecule has 1 aliphatic rings. The Hall–Kier alpha value is -2.90. The summed E-state index contributed by atoms with van der Waals surface area (Å²) in [5.74, 6) is -1.19. The second-order valence-corrected chi connectivity index (χ2v) is 23.9. The fourth-order valence-corrected chi connectivity index (χ4v) is 10.7. The van der Waals surface area contributed by atoms with Crippen molar-refractivity contribution >= 4 is 11.9 Å². The van der Waals surface area contributed by atoms with E-state index in [9.17, 15) is 35.1 Å². The van der Waals surface area contributed by atoms with Gasteiger partial charge in [-0.05, 0) is 70.6 Å². The molecule has 0 aliphatic carbocycles. The predicted molar refractivity (Wildman–Crippen MR) is 347 cm³/mol. The Morgan fingerprint density at radius 2 is 0.867 bits per heavy atom. The van der Waals surface area contributed by atoms with Gasteiger partial charge in [0.25, 0.3) is 0 Å². The van der Waals surface area contributed by atoms with Crippen molar-refractivity contribution in [2.75, 3.05) is 13.2 Å². The minimum absolute atomic E-state index is 0.125. The van der Waals surface area contributed by atoms with E-state index in [-0.39, 0.29) is 19.4 Å². The number of aliphatic hydroxyl groups excluding tert-OH is 5. The highest BCUT2D eigenvalue weighted by molar-refractivity contribution is 5.80. The van der Waals surface area contributed by atoms with Crippen LogP contribution in [-0.2, 0) is 23.8 Å². The maximum absolute atomic E-state index is 13.5. The van der Waals surface area contributed by atoms with Crippen LogP contribution in [0.2, 0.25) is 0 Å². The molecule has 1 amide bonds. The van der Waals surface area contributed by atoms with E-state index in [1.165, 1.54) is 167 Å². The largest absolute Gasteiger partial charge is 0.454 e. The average Bonchev–Trinajstić information content (AvgIpc) is 3.67. The van der Waals surface area contributed by atoms with Gasteiger partial charge in [0.2, 0.25) is 5.91 Å². The van der Waals surface area contributed by atoms with E-state index < -0.39 is 67.4 Å². The third-order valence-electron chi connectivity index (χ3n) is 16.1. The van der Waals surface area contributed by atoms with Crippen LogP contribution in [0, 0.1) is 0 Å². The first-order valence-electron chi connectivity index (χ1n) is 34.7. The summed E-state index contributed by atoms with van der Waals surface area (Å²) in [6.07, 6.45) is 66.5. The van der Waals surface area contributed by atoms with E-state index in [4.69, 9.17) is 14.2 Å². The number of rotatable bonds is 59. The number of carbonyl (C=O) groups excluding carboxylic acids is 2. The molecule has 83 heavy (non-hydrogen) atoms. The summed E-state index contributed by atoms with van der Waals surface area (Å²) >= 11 is 0. The van der Waals surface area contributed by atoms with Gasteiger partial charge < -0.3 is 45.1 Å². The summed E-state index contributed by atoms with van der Waals surface area (Å²) in [5, 5.41) is 57.2. The normalized spacial score (nSPS) is 19.0. The summed E-state index contributed by atoms with van der Waals surface area (Å²) in [7, 11) is 0. The Labute approximate surface area is 509 Å². The summed E-state index contributed by atoms with van der Waals surface area (Å²) in [5.41, 5.74) is 0. The van der Waals surface area contributed by atoms with Gasteiger partial charge in [-0.2, -0.15) is 0 Å². The molecular formula is C72H129NO10. The minimum Gasteiger partial charge on any atom is -0.454 e. The number of hydrogen-bond donors (Lipinski definition) is 6. The maximum Gasteiger partial charge on any atom is 0.306 e. The Morgan fingerprint density at radius 3 is 1.30 bits per heavy atom. The van der Waals surface area contributed by atoms with Crippen LogP contribution >= 0.6 is 0 Å². The van der Waals surface area contributed by atoms with Crippen molar-refractivity contribution in [3.05, 3.63) is 72.9 Å². The molecule has 0 spiro atoms. The van der Waals surface area contributed by atoms with Crippen molar-refractivity contribution < 1.29 is 49.3 Å². The monoisotopic (exact) mass is 1170 g/mol.